The highest BCUT2D eigenvalue weighted by Gasteiger charge is 2.27. The summed E-state index contributed by atoms with van der Waals surface area (Å²) in [7, 11) is 0. The lowest BCUT2D eigenvalue weighted by atomic mass is 9.83. The smallest absolute Gasteiger partial charge is 0.0794 e. The molecule has 4 N–H and O–H groups in total. The molecule has 4 nitrogen and oxygen atoms in total. The van der Waals surface area contributed by atoms with Crippen molar-refractivity contribution in [3.05, 3.63) is 138 Å². The molecular weight excluding hydrogens is 464 g/mol. The summed E-state index contributed by atoms with van der Waals surface area (Å²) in [6.07, 6.45) is 19.2. The second-order valence-electron chi connectivity index (χ2n) is 9.55. The van der Waals surface area contributed by atoms with Crippen molar-refractivity contribution in [3.63, 3.8) is 0 Å². The summed E-state index contributed by atoms with van der Waals surface area (Å²) in [5.41, 5.74) is 20.6. The van der Waals surface area contributed by atoms with Crippen LogP contribution in [0.5, 0.6) is 0 Å². The van der Waals surface area contributed by atoms with E-state index < -0.39 is 0 Å². The van der Waals surface area contributed by atoms with E-state index in [0.717, 1.165) is 50.4 Å². The summed E-state index contributed by atoms with van der Waals surface area (Å²) in [5.74, 6) is 0.135. The van der Waals surface area contributed by atoms with Crippen molar-refractivity contribution in [2.75, 3.05) is 11.5 Å². The molecule has 38 heavy (non-hydrogen) atoms. The maximum Gasteiger partial charge on any atom is 0.0794 e. The van der Waals surface area contributed by atoms with Gasteiger partial charge < -0.3 is 11.5 Å². The van der Waals surface area contributed by atoms with E-state index >= 15 is 0 Å². The molecule has 0 amide bonds. The predicted octanol–water partition coefficient (Wildman–Crippen LogP) is 7.23. The number of hydrogen-bond acceptors (Lipinski definition) is 4. The Hall–Kier alpha value is -4.96. The molecule has 2 unspecified atom stereocenters. The zero-order chi connectivity index (χ0) is 25.9. The highest BCUT2D eigenvalue weighted by molar-refractivity contribution is 6.07. The van der Waals surface area contributed by atoms with Crippen LogP contribution in [0.1, 0.15) is 22.4 Å². The number of anilines is 2. The minimum atomic E-state index is 0.0353. The summed E-state index contributed by atoms with van der Waals surface area (Å²) >= 11 is 0. The molecular formula is C34H28N4. The van der Waals surface area contributed by atoms with E-state index in [1.807, 2.05) is 54.6 Å². The van der Waals surface area contributed by atoms with Crippen molar-refractivity contribution >= 4 is 51.8 Å². The lowest BCUT2D eigenvalue weighted by Crippen LogP contribution is -2.23. The molecule has 2 atom stereocenters. The third-order valence-corrected chi connectivity index (χ3v) is 6.90. The first kappa shape index (κ1) is 23.4. The van der Waals surface area contributed by atoms with Gasteiger partial charge in [0.15, 0.2) is 0 Å². The van der Waals surface area contributed by atoms with Crippen LogP contribution >= 0.6 is 0 Å². The van der Waals surface area contributed by atoms with Crippen molar-refractivity contribution in [1.82, 2.24) is 4.98 Å². The topological polar surface area (TPSA) is 77.3 Å². The summed E-state index contributed by atoms with van der Waals surface area (Å²) in [4.78, 5) is 10.1. The maximum atomic E-state index is 5.85. The average molecular weight is 493 g/mol. The fraction of sp³-hybridized carbons (Fsp3) is 0.0588. The first-order valence-corrected chi connectivity index (χ1v) is 12.7. The summed E-state index contributed by atoms with van der Waals surface area (Å²) in [6, 6.07) is 26.2. The largest absolute Gasteiger partial charge is 0.399 e. The number of aromatic nitrogens is 1. The fourth-order valence-electron chi connectivity index (χ4n) is 4.87. The van der Waals surface area contributed by atoms with E-state index in [-0.39, 0.29) is 12.0 Å². The number of allylic oxidation sites excluding steroid dienone is 4. The molecule has 0 bridgehead atoms. The van der Waals surface area contributed by atoms with E-state index in [0.29, 0.717) is 0 Å². The van der Waals surface area contributed by atoms with Crippen molar-refractivity contribution in [3.8, 4) is 0 Å². The molecule has 1 aliphatic heterocycles. The van der Waals surface area contributed by atoms with Crippen LogP contribution in [0.15, 0.2) is 120 Å². The minimum absolute atomic E-state index is 0.0353. The number of fused-ring (bicyclic) bond motifs is 2. The summed E-state index contributed by atoms with van der Waals surface area (Å²) in [5, 5.41) is 1.12. The van der Waals surface area contributed by atoms with Gasteiger partial charge >= 0.3 is 0 Å². The monoisotopic (exact) mass is 492 g/mol. The second-order valence-corrected chi connectivity index (χ2v) is 9.55. The van der Waals surface area contributed by atoms with E-state index in [4.69, 9.17) is 21.4 Å². The zero-order valence-corrected chi connectivity index (χ0v) is 20.9. The average Bonchev–Trinajstić information content (AvgIpc) is 2.96. The Morgan fingerprint density at radius 1 is 0.711 bits per heavy atom. The van der Waals surface area contributed by atoms with Gasteiger partial charge in [-0.25, -0.2) is 4.98 Å². The number of hydrogen-bond donors (Lipinski definition) is 2. The highest BCUT2D eigenvalue weighted by Crippen LogP contribution is 2.35. The first-order chi connectivity index (χ1) is 18.6. The SMILES string of the molecule is Nc1ccc(C=CC2=NC3C=CC=C(c4cc(C=Cc5ccc(N)cc5)c5ccccc5n4)C3C=C2)cc1. The maximum absolute atomic E-state index is 5.85. The Morgan fingerprint density at radius 2 is 1.39 bits per heavy atom. The van der Waals surface area contributed by atoms with Crippen molar-refractivity contribution in [2.24, 2.45) is 10.9 Å². The quantitative estimate of drug-likeness (QED) is 0.289. The lowest BCUT2D eigenvalue weighted by molar-refractivity contribution is 0.695. The van der Waals surface area contributed by atoms with Crippen LogP contribution in [0, 0.1) is 5.92 Å². The van der Waals surface area contributed by atoms with Gasteiger partial charge in [0.2, 0.25) is 0 Å². The van der Waals surface area contributed by atoms with Crippen LogP contribution in [0.25, 0.3) is 34.7 Å². The zero-order valence-electron chi connectivity index (χ0n) is 20.9. The molecule has 0 saturated carbocycles. The number of pyridine rings is 1. The molecule has 1 aromatic heterocycles. The predicted molar refractivity (Wildman–Crippen MR) is 162 cm³/mol. The van der Waals surface area contributed by atoms with E-state index in [1.165, 1.54) is 5.57 Å². The van der Waals surface area contributed by atoms with E-state index in [9.17, 15) is 0 Å². The molecule has 184 valence electrons. The molecule has 2 heterocycles. The van der Waals surface area contributed by atoms with Gasteiger partial charge in [-0.05, 0) is 70.8 Å². The number of nitrogens with two attached hydrogens (primary N) is 2. The molecule has 0 spiro atoms. The number of benzene rings is 3. The number of rotatable bonds is 5. The number of dihydropyridines is 1. The third kappa shape index (κ3) is 4.97. The van der Waals surface area contributed by atoms with E-state index in [2.05, 4.69) is 78.9 Å². The van der Waals surface area contributed by atoms with Crippen LogP contribution < -0.4 is 11.5 Å². The molecule has 1 aliphatic carbocycles. The fourth-order valence-corrected chi connectivity index (χ4v) is 4.87. The van der Waals surface area contributed by atoms with Crippen molar-refractivity contribution in [1.29, 1.82) is 0 Å². The van der Waals surface area contributed by atoms with Gasteiger partial charge in [-0.3, -0.25) is 4.99 Å². The Labute approximate surface area is 222 Å². The third-order valence-electron chi connectivity index (χ3n) is 6.90. The summed E-state index contributed by atoms with van der Waals surface area (Å²) in [6.45, 7) is 0. The van der Waals surface area contributed by atoms with Crippen molar-refractivity contribution in [2.45, 2.75) is 6.04 Å². The van der Waals surface area contributed by atoms with Crippen LogP contribution in [0.2, 0.25) is 0 Å². The standard InChI is InChI=1S/C34H28N4/c35-26-15-9-23(10-16-26)8-14-25-22-34(38-32-6-2-1-4-29(25)32)30-5-3-7-33-31(30)21-20-28(37-33)19-13-24-11-17-27(36)18-12-24/h1-22,31,33H,35-36H2. The van der Waals surface area contributed by atoms with E-state index in [1.54, 1.807) is 0 Å². The van der Waals surface area contributed by atoms with Gasteiger partial charge in [0, 0.05) is 22.7 Å². The molecule has 0 radical (unpaired) electrons. The highest BCUT2D eigenvalue weighted by atomic mass is 14.8. The first-order valence-electron chi connectivity index (χ1n) is 12.7. The van der Waals surface area contributed by atoms with Gasteiger partial charge in [-0.2, -0.15) is 0 Å². The van der Waals surface area contributed by atoms with Crippen LogP contribution in [-0.4, -0.2) is 16.7 Å². The number of nitrogen functional groups attached to an aromatic ring is 2. The Balaban J connectivity index is 1.30. The minimum Gasteiger partial charge on any atom is -0.399 e. The molecule has 3 aromatic carbocycles. The summed E-state index contributed by atoms with van der Waals surface area (Å²) < 4.78 is 0. The van der Waals surface area contributed by atoms with Gasteiger partial charge in [0.25, 0.3) is 0 Å². The normalized spacial score (nSPS) is 18.6. The molecule has 4 aromatic rings. The van der Waals surface area contributed by atoms with Gasteiger partial charge in [-0.1, -0.05) is 85.0 Å². The number of nitrogens with zero attached hydrogens (tertiary/aromatic N) is 2. The number of para-hydroxylation sites is 1. The van der Waals surface area contributed by atoms with Gasteiger partial charge in [0.05, 0.1) is 23.0 Å². The Kier molecular flexibility index (Phi) is 6.29. The molecule has 0 fully saturated rings. The van der Waals surface area contributed by atoms with Crippen LogP contribution in [0.3, 0.4) is 0 Å². The molecule has 6 rings (SSSR count). The molecule has 2 aliphatic rings. The Morgan fingerprint density at radius 3 is 2.13 bits per heavy atom. The van der Waals surface area contributed by atoms with Gasteiger partial charge in [0.1, 0.15) is 0 Å². The molecule has 0 saturated heterocycles. The second kappa shape index (κ2) is 10.2. The van der Waals surface area contributed by atoms with Crippen LogP contribution in [0.4, 0.5) is 11.4 Å². The number of aliphatic imine (C=N–C) groups is 1. The Bertz CT molecular complexity index is 1670. The van der Waals surface area contributed by atoms with Gasteiger partial charge in [-0.15, -0.1) is 0 Å². The lowest BCUT2D eigenvalue weighted by Gasteiger charge is -2.27. The van der Waals surface area contributed by atoms with Crippen molar-refractivity contribution < 1.29 is 0 Å². The molecule has 4 heteroatoms. The van der Waals surface area contributed by atoms with Crippen LogP contribution in [-0.2, 0) is 0 Å².